The van der Waals surface area contributed by atoms with Crippen molar-refractivity contribution in [2.24, 2.45) is 0 Å². The Balaban J connectivity index is -0.0000000600. The summed E-state index contributed by atoms with van der Waals surface area (Å²) in [6, 6.07) is 0. The van der Waals surface area contributed by atoms with Gasteiger partial charge in [0, 0.05) is 0 Å². The summed E-state index contributed by atoms with van der Waals surface area (Å²) < 4.78 is 0. The van der Waals surface area contributed by atoms with E-state index >= 15 is 0 Å². The molecule has 0 atom stereocenters. The van der Waals surface area contributed by atoms with Crippen molar-refractivity contribution in [1.29, 1.82) is 0 Å². The maximum absolute atomic E-state index is 2.38. The minimum absolute atomic E-state index is 0. The molecule has 0 aromatic heterocycles. The average Bonchev–Trinajstić information content (AvgIpc) is 1.72. The Hall–Kier alpha value is -0.110. The summed E-state index contributed by atoms with van der Waals surface area (Å²) in [5.41, 5.74) is 0. The zero-order valence-corrected chi connectivity index (χ0v) is 5.98. The van der Waals surface area contributed by atoms with E-state index in [1.807, 2.05) is 0 Å². The molecule has 0 aromatic carbocycles. The maximum atomic E-state index is 2.38. The number of rotatable bonds is 3. The second kappa shape index (κ2) is 6.89. The highest BCUT2D eigenvalue weighted by atomic mass is 19.0. The molecule has 0 aliphatic carbocycles. The van der Waals surface area contributed by atoms with Gasteiger partial charge in [-0.05, 0) is 19.6 Å². The van der Waals surface area contributed by atoms with E-state index in [1.54, 1.807) is 0 Å². The first-order valence-electron chi connectivity index (χ1n) is 3.07. The van der Waals surface area contributed by atoms with Crippen molar-refractivity contribution in [2.45, 2.75) is 20.8 Å². The number of halogens is 1. The van der Waals surface area contributed by atoms with Crippen molar-refractivity contribution in [3.05, 3.63) is 0 Å². The van der Waals surface area contributed by atoms with Crippen LogP contribution in [0, 0.1) is 0 Å². The Labute approximate surface area is 54.0 Å². The summed E-state index contributed by atoms with van der Waals surface area (Å²) in [6.45, 7) is 10.1. The van der Waals surface area contributed by atoms with Gasteiger partial charge < -0.3 is 4.90 Å². The predicted octanol–water partition coefficient (Wildman–Crippen LogP) is 1.73. The molecule has 0 saturated carbocycles. The van der Waals surface area contributed by atoms with Gasteiger partial charge in [-0.2, -0.15) is 0 Å². The highest BCUT2D eigenvalue weighted by Crippen LogP contribution is 1.81. The van der Waals surface area contributed by atoms with Gasteiger partial charge in [0.1, 0.15) is 0 Å². The second-order valence-corrected chi connectivity index (χ2v) is 1.62. The molecule has 0 rings (SSSR count). The van der Waals surface area contributed by atoms with E-state index in [-0.39, 0.29) is 7.56 Å². The lowest BCUT2D eigenvalue weighted by molar-refractivity contribution is 0.321. The summed E-state index contributed by atoms with van der Waals surface area (Å²) in [5.74, 6) is 0. The van der Waals surface area contributed by atoms with Crippen LogP contribution in [0.3, 0.4) is 0 Å². The number of hydrogen-bond donors (Lipinski definition) is 0. The molecule has 0 bridgehead atoms. The van der Waals surface area contributed by atoms with E-state index in [0.717, 1.165) is 0 Å². The van der Waals surface area contributed by atoms with E-state index in [0.29, 0.717) is 0 Å². The Morgan fingerprint density at radius 2 is 1.25 bits per heavy atom. The van der Waals surface area contributed by atoms with E-state index < -0.39 is 0 Å². The van der Waals surface area contributed by atoms with Gasteiger partial charge in [-0.3, -0.25) is 4.70 Å². The monoisotopic (exact) mass is 123 g/mol. The molecule has 0 fully saturated rings. The van der Waals surface area contributed by atoms with E-state index in [2.05, 4.69) is 25.7 Å². The fourth-order valence-electron chi connectivity index (χ4n) is 0.671. The van der Waals surface area contributed by atoms with Gasteiger partial charge in [-0.1, -0.05) is 20.8 Å². The lowest BCUT2D eigenvalue weighted by Gasteiger charge is -2.13. The molecule has 1 nitrogen and oxygen atoms in total. The fourth-order valence-corrected chi connectivity index (χ4v) is 0.671. The largest absolute Gasteiger partial charge is 1.00 e. The van der Waals surface area contributed by atoms with Crippen LogP contribution in [0.5, 0.6) is 0 Å². The summed E-state index contributed by atoms with van der Waals surface area (Å²) in [5, 5.41) is 0. The van der Waals surface area contributed by atoms with Gasteiger partial charge in [0.25, 0.3) is 0 Å². The molecule has 0 spiro atoms. The fraction of sp³-hybridized carbons (Fsp3) is 1.00. The quantitative estimate of drug-likeness (QED) is 0.552. The Bertz CT molecular complexity index is 37.2. The summed E-state index contributed by atoms with van der Waals surface area (Å²) >= 11 is 0. The highest BCUT2D eigenvalue weighted by molar-refractivity contribution is 4.43. The van der Waals surface area contributed by atoms with Crippen molar-refractivity contribution in [1.82, 2.24) is 4.90 Å². The first-order chi connectivity index (χ1) is 3.35. The molecule has 8 heavy (non-hydrogen) atoms. The Kier molecular flexibility index (Phi) is 9.30. The molecular weight excluding hydrogens is 105 g/mol. The molecule has 2 heteroatoms. The van der Waals surface area contributed by atoms with Gasteiger partial charge in [-0.15, -0.1) is 0 Å². The minimum Gasteiger partial charge on any atom is -0.304 e. The Morgan fingerprint density at radius 1 is 1.00 bits per heavy atom. The van der Waals surface area contributed by atoms with Crippen LogP contribution in [0.15, 0.2) is 0 Å². The molecule has 52 valence electrons. The van der Waals surface area contributed by atoms with Crippen LogP contribution in [-0.4, -0.2) is 24.5 Å². The summed E-state index contributed by atoms with van der Waals surface area (Å²) in [4.78, 5) is 2.38. The summed E-state index contributed by atoms with van der Waals surface area (Å²) in [6.07, 6.45) is 0. The average molecular weight is 123 g/mol. The first kappa shape index (κ1) is 10.8. The predicted molar refractivity (Wildman–Crippen MR) is 38.2 cm³/mol. The van der Waals surface area contributed by atoms with Crippen molar-refractivity contribution in [3.63, 3.8) is 0 Å². The standard InChI is InChI=1S/C6H15N.FH/c1-4-7(5-2)6-3;/h4-6H2,1-3H3;1H/p+2. The first-order valence-corrected chi connectivity index (χ1v) is 3.07. The third kappa shape index (κ3) is 4.06. The van der Waals surface area contributed by atoms with Crippen LogP contribution in [0.2, 0.25) is 0 Å². The summed E-state index contributed by atoms with van der Waals surface area (Å²) in [7, 11) is 0. The van der Waals surface area contributed by atoms with Gasteiger partial charge in [0.2, 0.25) is 0 Å². The molecule has 0 N–H and O–H groups in total. The normalized spacial score (nSPS) is 9.00. The van der Waals surface area contributed by atoms with Crippen LogP contribution in [0.4, 0.5) is 4.70 Å². The van der Waals surface area contributed by atoms with Crippen molar-refractivity contribution >= 4 is 0 Å². The third-order valence-electron chi connectivity index (χ3n) is 1.34. The van der Waals surface area contributed by atoms with Crippen molar-refractivity contribution < 1.29 is 7.56 Å². The third-order valence-corrected chi connectivity index (χ3v) is 1.34. The van der Waals surface area contributed by atoms with Crippen LogP contribution in [0.25, 0.3) is 0 Å². The second-order valence-electron chi connectivity index (χ2n) is 1.62. The smallest absolute Gasteiger partial charge is 0.304 e. The molecule has 0 aromatic rings. The van der Waals surface area contributed by atoms with Gasteiger partial charge in [-0.25, -0.2) is 0 Å². The molecular formula is C6H18FN+2. The van der Waals surface area contributed by atoms with Gasteiger partial charge in [0.05, 0.1) is 0 Å². The lowest BCUT2D eigenvalue weighted by Crippen LogP contribution is -2.21. The molecule has 0 unspecified atom stereocenters. The number of hydrogen-bond acceptors (Lipinski definition) is 1. The molecule has 0 radical (unpaired) electrons. The van der Waals surface area contributed by atoms with Crippen molar-refractivity contribution in [3.8, 4) is 0 Å². The number of nitrogens with zero attached hydrogens (tertiary/aromatic N) is 1. The Morgan fingerprint density at radius 3 is 1.25 bits per heavy atom. The van der Waals surface area contributed by atoms with Gasteiger partial charge >= 0.3 is 2.85 Å². The van der Waals surface area contributed by atoms with Crippen LogP contribution in [0.1, 0.15) is 23.6 Å². The minimum atomic E-state index is 0. The lowest BCUT2D eigenvalue weighted by atomic mass is 10.5. The molecule has 0 aliphatic heterocycles. The van der Waals surface area contributed by atoms with E-state index in [4.69, 9.17) is 0 Å². The van der Waals surface area contributed by atoms with Crippen LogP contribution in [-0.2, 0) is 0 Å². The van der Waals surface area contributed by atoms with Crippen LogP contribution >= 0.6 is 0 Å². The van der Waals surface area contributed by atoms with Crippen LogP contribution < -0.4 is 0 Å². The highest BCUT2D eigenvalue weighted by Gasteiger charge is 1.89. The zero-order chi connectivity index (χ0) is 5.70. The zero-order valence-electron chi connectivity index (χ0n) is 7.98. The molecule has 0 saturated heterocycles. The van der Waals surface area contributed by atoms with Crippen molar-refractivity contribution in [2.75, 3.05) is 19.6 Å². The SMILES string of the molecule is CCN(CC)CC.F.[H+].[H+]. The molecule has 0 heterocycles. The maximum Gasteiger partial charge on any atom is 1.00 e. The topological polar surface area (TPSA) is 3.24 Å². The van der Waals surface area contributed by atoms with E-state index in [9.17, 15) is 0 Å². The van der Waals surface area contributed by atoms with E-state index in [1.165, 1.54) is 19.6 Å². The van der Waals surface area contributed by atoms with Gasteiger partial charge in [0.15, 0.2) is 0 Å². The molecule has 0 amide bonds. The molecule has 0 aliphatic rings.